The van der Waals surface area contributed by atoms with Gasteiger partial charge in [-0.3, -0.25) is 19.9 Å². The van der Waals surface area contributed by atoms with Gasteiger partial charge in [0.15, 0.2) is 12.0 Å². The Morgan fingerprint density at radius 3 is 2.58 bits per heavy atom. The summed E-state index contributed by atoms with van der Waals surface area (Å²) in [6.07, 6.45) is 3.34. The van der Waals surface area contributed by atoms with Gasteiger partial charge in [-0.15, -0.1) is 0 Å². The van der Waals surface area contributed by atoms with E-state index in [9.17, 15) is 19.3 Å². The van der Waals surface area contributed by atoms with Crippen molar-refractivity contribution in [1.29, 1.82) is 0 Å². The van der Waals surface area contributed by atoms with Crippen molar-refractivity contribution in [2.24, 2.45) is 0 Å². The highest BCUT2D eigenvalue weighted by atomic mass is 19.1. The number of carbonyl (C=O) groups excluding carboxylic acids is 1. The van der Waals surface area contributed by atoms with E-state index in [4.69, 9.17) is 4.74 Å². The molecule has 36 heavy (non-hydrogen) atoms. The number of aromatic nitrogens is 4. The fourth-order valence-corrected chi connectivity index (χ4v) is 3.49. The van der Waals surface area contributed by atoms with Crippen molar-refractivity contribution >= 4 is 23.6 Å². The zero-order valence-electron chi connectivity index (χ0n) is 19.8. The van der Waals surface area contributed by atoms with Crippen molar-refractivity contribution in [3.8, 4) is 17.0 Å². The van der Waals surface area contributed by atoms with E-state index in [1.165, 1.54) is 30.3 Å². The highest BCUT2D eigenvalue weighted by Gasteiger charge is 2.27. The Morgan fingerprint density at radius 2 is 1.97 bits per heavy atom. The number of benzene rings is 1. The number of rotatable bonds is 8. The van der Waals surface area contributed by atoms with Crippen molar-refractivity contribution in [2.45, 2.75) is 32.9 Å². The van der Waals surface area contributed by atoms with Crippen LogP contribution in [-0.4, -0.2) is 31.0 Å². The smallest absolute Gasteiger partial charge is 0.310 e. The number of nitro groups is 1. The average Bonchev–Trinajstić information content (AvgIpc) is 3.22. The van der Waals surface area contributed by atoms with Crippen molar-refractivity contribution in [2.75, 3.05) is 5.32 Å². The summed E-state index contributed by atoms with van der Waals surface area (Å²) in [4.78, 5) is 31.5. The zero-order chi connectivity index (χ0) is 25.9. The molecule has 0 saturated carbocycles. The molecule has 0 radical (unpaired) electrons. The van der Waals surface area contributed by atoms with Crippen LogP contribution in [0.3, 0.4) is 0 Å². The quantitative estimate of drug-likeness (QED) is 0.201. The Kier molecular flexibility index (Phi) is 6.73. The minimum atomic E-state index is -0.570. The Labute approximate surface area is 205 Å². The maximum absolute atomic E-state index is 13.1. The Morgan fingerprint density at radius 1 is 1.17 bits per heavy atom. The molecule has 0 aliphatic heterocycles. The second kappa shape index (κ2) is 9.90. The summed E-state index contributed by atoms with van der Waals surface area (Å²) in [6, 6.07) is 12.2. The van der Waals surface area contributed by atoms with Crippen LogP contribution in [0.1, 0.15) is 36.8 Å². The molecule has 0 fully saturated rings. The van der Waals surface area contributed by atoms with Gasteiger partial charge in [0.25, 0.3) is 0 Å². The third-order valence-electron chi connectivity index (χ3n) is 5.18. The molecular formula is C25H23FN6O4. The molecule has 0 saturated heterocycles. The van der Waals surface area contributed by atoms with Crippen LogP contribution in [0.5, 0.6) is 5.75 Å². The molecule has 0 bridgehead atoms. The van der Waals surface area contributed by atoms with E-state index in [1.54, 1.807) is 23.0 Å². The SMILES string of the molecule is CC(C)(C)n1nc(-c2ccc([N+](=O)[O-])c(OCc3ccc(F)cn3)c2)c(C=O)c1Nc1ccccn1. The highest BCUT2D eigenvalue weighted by molar-refractivity contribution is 5.93. The minimum Gasteiger partial charge on any atom is -0.480 e. The van der Waals surface area contributed by atoms with E-state index < -0.39 is 16.3 Å². The first-order valence-electron chi connectivity index (χ1n) is 11.0. The molecule has 184 valence electrons. The lowest BCUT2D eigenvalue weighted by molar-refractivity contribution is -0.385. The van der Waals surface area contributed by atoms with Crippen LogP contribution >= 0.6 is 0 Å². The van der Waals surface area contributed by atoms with Gasteiger partial charge in [-0.05, 0) is 57.2 Å². The van der Waals surface area contributed by atoms with Gasteiger partial charge in [0.2, 0.25) is 0 Å². The first-order chi connectivity index (χ1) is 17.2. The number of nitro benzene ring substituents is 1. The lowest BCUT2D eigenvalue weighted by atomic mass is 10.1. The lowest BCUT2D eigenvalue weighted by Crippen LogP contribution is -2.24. The number of nitrogens with zero attached hydrogens (tertiary/aromatic N) is 5. The fourth-order valence-electron chi connectivity index (χ4n) is 3.49. The molecular weight excluding hydrogens is 467 g/mol. The monoisotopic (exact) mass is 490 g/mol. The molecule has 10 nitrogen and oxygen atoms in total. The number of anilines is 2. The summed E-state index contributed by atoms with van der Waals surface area (Å²) >= 11 is 0. The number of pyridine rings is 2. The number of nitrogens with one attached hydrogen (secondary N) is 1. The molecule has 0 aliphatic carbocycles. The number of hydrogen-bond donors (Lipinski definition) is 1. The predicted octanol–water partition coefficient (Wildman–Crippen LogP) is 5.28. The van der Waals surface area contributed by atoms with Crippen LogP contribution < -0.4 is 10.1 Å². The second-order valence-electron chi connectivity index (χ2n) is 8.85. The molecule has 0 spiro atoms. The van der Waals surface area contributed by atoms with Crippen molar-refractivity contribution in [1.82, 2.24) is 19.7 Å². The minimum absolute atomic E-state index is 0.0370. The highest BCUT2D eigenvalue weighted by Crippen LogP contribution is 2.37. The normalized spacial score (nSPS) is 11.2. The zero-order valence-corrected chi connectivity index (χ0v) is 19.8. The van der Waals surface area contributed by atoms with Crippen LogP contribution in [0.2, 0.25) is 0 Å². The number of halogens is 1. The van der Waals surface area contributed by atoms with Gasteiger partial charge in [0.05, 0.1) is 27.9 Å². The molecule has 0 aliphatic rings. The standard InChI is InChI=1S/C25H23FN6O4/c1-25(2,3)31-24(29-22-6-4-5-11-27-22)19(14-33)23(30-31)16-7-10-20(32(34)35)21(12-16)36-15-18-9-8-17(26)13-28-18/h4-14H,15H2,1-3H3,(H,27,29). The van der Waals surface area contributed by atoms with Crippen LogP contribution in [0.4, 0.5) is 21.7 Å². The van der Waals surface area contributed by atoms with E-state index in [0.717, 1.165) is 6.20 Å². The Hall–Kier alpha value is -4.67. The third-order valence-corrected chi connectivity index (χ3v) is 5.18. The topological polar surface area (TPSA) is 125 Å². The van der Waals surface area contributed by atoms with Crippen LogP contribution in [0.15, 0.2) is 60.9 Å². The molecule has 0 unspecified atom stereocenters. The van der Waals surface area contributed by atoms with Crippen molar-refractivity contribution in [3.05, 3.63) is 88.1 Å². The third kappa shape index (κ3) is 5.19. The number of aldehydes is 1. The van der Waals surface area contributed by atoms with E-state index in [-0.39, 0.29) is 23.6 Å². The Bertz CT molecular complexity index is 1400. The van der Waals surface area contributed by atoms with Gasteiger partial charge in [0, 0.05) is 17.8 Å². The van der Waals surface area contributed by atoms with Gasteiger partial charge in [-0.1, -0.05) is 6.07 Å². The average molecular weight is 490 g/mol. The fraction of sp³-hybridized carbons (Fsp3) is 0.200. The molecule has 1 aromatic carbocycles. The number of carbonyl (C=O) groups is 1. The second-order valence-corrected chi connectivity index (χ2v) is 8.85. The number of ether oxygens (including phenoxy) is 1. The van der Waals surface area contributed by atoms with Gasteiger partial charge >= 0.3 is 5.69 Å². The van der Waals surface area contributed by atoms with Crippen LogP contribution in [0, 0.1) is 15.9 Å². The summed E-state index contributed by atoms with van der Waals surface area (Å²) in [7, 11) is 0. The first-order valence-corrected chi connectivity index (χ1v) is 11.0. The first kappa shape index (κ1) is 24.5. The molecule has 1 N–H and O–H groups in total. The van der Waals surface area contributed by atoms with Crippen LogP contribution in [0.25, 0.3) is 11.3 Å². The van der Waals surface area contributed by atoms with Gasteiger partial charge < -0.3 is 10.1 Å². The predicted molar refractivity (Wildman–Crippen MR) is 131 cm³/mol. The van der Waals surface area contributed by atoms with Crippen LogP contribution in [-0.2, 0) is 12.1 Å². The molecule has 3 aromatic heterocycles. The van der Waals surface area contributed by atoms with Gasteiger partial charge in [-0.2, -0.15) is 5.10 Å². The summed E-state index contributed by atoms with van der Waals surface area (Å²) in [5, 5.41) is 19.5. The molecule has 0 amide bonds. The summed E-state index contributed by atoms with van der Waals surface area (Å²) in [5.74, 6) is 0.419. The van der Waals surface area contributed by atoms with E-state index in [2.05, 4.69) is 20.4 Å². The van der Waals surface area contributed by atoms with E-state index in [1.807, 2.05) is 26.8 Å². The molecule has 0 atom stereocenters. The van der Waals surface area contributed by atoms with E-state index >= 15 is 0 Å². The maximum atomic E-state index is 13.1. The molecule has 4 rings (SSSR count). The summed E-state index contributed by atoms with van der Waals surface area (Å²) in [5.41, 5.74) is 0.631. The van der Waals surface area contributed by atoms with Gasteiger partial charge in [-0.25, -0.2) is 14.1 Å². The molecule has 3 heterocycles. The summed E-state index contributed by atoms with van der Waals surface area (Å²) < 4.78 is 20.5. The van der Waals surface area contributed by atoms with Crippen molar-refractivity contribution in [3.63, 3.8) is 0 Å². The van der Waals surface area contributed by atoms with Gasteiger partial charge in [0.1, 0.15) is 29.8 Å². The van der Waals surface area contributed by atoms with Crippen molar-refractivity contribution < 1.29 is 18.8 Å². The number of hydrogen-bond acceptors (Lipinski definition) is 8. The summed E-state index contributed by atoms with van der Waals surface area (Å²) in [6.45, 7) is 5.68. The lowest BCUT2D eigenvalue weighted by Gasteiger charge is -2.22. The molecule has 11 heteroatoms. The van der Waals surface area contributed by atoms with E-state index in [0.29, 0.717) is 34.9 Å². The Balaban J connectivity index is 1.78. The maximum Gasteiger partial charge on any atom is 0.310 e. The molecule has 4 aromatic rings. The largest absolute Gasteiger partial charge is 0.480 e.